The lowest BCUT2D eigenvalue weighted by Gasteiger charge is -2.07. The Kier molecular flexibility index (Phi) is 3.21. The number of nitriles is 1. The van der Waals surface area contributed by atoms with Crippen molar-refractivity contribution in [3.8, 4) is 6.07 Å². The fourth-order valence-electron chi connectivity index (χ4n) is 1.12. The molecule has 2 nitrogen and oxygen atoms in total. The van der Waals surface area contributed by atoms with Crippen LogP contribution in [0.3, 0.4) is 0 Å². The summed E-state index contributed by atoms with van der Waals surface area (Å²) in [7, 11) is 0. The Morgan fingerprint density at radius 2 is 2.29 bits per heavy atom. The maximum Gasteiger partial charge on any atom is 0.151 e. The predicted octanol–water partition coefficient (Wildman–Crippen LogP) is 2.68. The van der Waals surface area contributed by atoms with Crippen LogP contribution in [0.2, 0.25) is 5.02 Å². The third-order valence-electron chi connectivity index (χ3n) is 1.81. The number of nitrogens with zero attached hydrogens (tertiary/aromatic N) is 1. The molecular formula is C10H7ClFNO. The molecule has 0 heterocycles. The van der Waals surface area contributed by atoms with E-state index in [0.717, 1.165) is 6.07 Å². The summed E-state index contributed by atoms with van der Waals surface area (Å²) in [6.45, 7) is 1.30. The van der Waals surface area contributed by atoms with E-state index in [1.54, 1.807) is 0 Å². The van der Waals surface area contributed by atoms with E-state index < -0.39 is 11.7 Å². The van der Waals surface area contributed by atoms with Gasteiger partial charge in [0, 0.05) is 5.02 Å². The highest BCUT2D eigenvalue weighted by molar-refractivity contribution is 6.31. The summed E-state index contributed by atoms with van der Waals surface area (Å²) < 4.78 is 12.7. The summed E-state index contributed by atoms with van der Waals surface area (Å²) in [6.07, 6.45) is 0. The molecule has 14 heavy (non-hydrogen) atoms. The minimum Gasteiger partial charge on any atom is -0.298 e. The molecule has 1 aromatic rings. The van der Waals surface area contributed by atoms with E-state index in [1.165, 1.54) is 19.1 Å². The van der Waals surface area contributed by atoms with E-state index in [-0.39, 0.29) is 10.8 Å². The van der Waals surface area contributed by atoms with Gasteiger partial charge in [0.05, 0.1) is 6.07 Å². The first kappa shape index (κ1) is 10.7. The molecule has 0 aliphatic heterocycles. The van der Waals surface area contributed by atoms with Gasteiger partial charge >= 0.3 is 0 Å². The molecule has 0 spiro atoms. The third kappa shape index (κ3) is 2.09. The maximum absolute atomic E-state index is 12.7. The molecular weight excluding hydrogens is 205 g/mol. The number of carbonyl (C=O) groups excluding carboxylic acids is 1. The number of halogens is 2. The number of benzene rings is 1. The monoisotopic (exact) mass is 211 g/mol. The van der Waals surface area contributed by atoms with Crippen LogP contribution in [0.4, 0.5) is 4.39 Å². The van der Waals surface area contributed by atoms with Crippen LogP contribution in [-0.2, 0) is 4.79 Å². The Morgan fingerprint density at radius 1 is 1.64 bits per heavy atom. The largest absolute Gasteiger partial charge is 0.298 e. The van der Waals surface area contributed by atoms with Crippen LogP contribution in [0.15, 0.2) is 18.2 Å². The first-order valence-electron chi connectivity index (χ1n) is 3.91. The molecule has 0 aromatic heterocycles. The van der Waals surface area contributed by atoms with Crippen molar-refractivity contribution in [1.29, 1.82) is 5.26 Å². The lowest BCUT2D eigenvalue weighted by molar-refractivity contribution is -0.117. The van der Waals surface area contributed by atoms with E-state index in [9.17, 15) is 9.18 Å². The van der Waals surface area contributed by atoms with Gasteiger partial charge in [0.15, 0.2) is 5.78 Å². The van der Waals surface area contributed by atoms with Gasteiger partial charge < -0.3 is 0 Å². The second kappa shape index (κ2) is 4.21. The van der Waals surface area contributed by atoms with Crippen LogP contribution in [-0.4, -0.2) is 5.78 Å². The minimum absolute atomic E-state index is 0.103. The smallest absolute Gasteiger partial charge is 0.151 e. The zero-order chi connectivity index (χ0) is 10.7. The Hall–Kier alpha value is -1.40. The maximum atomic E-state index is 12.7. The Morgan fingerprint density at radius 3 is 2.71 bits per heavy atom. The van der Waals surface area contributed by atoms with E-state index in [4.69, 9.17) is 16.9 Å². The molecule has 0 bridgehead atoms. The first-order chi connectivity index (χ1) is 6.56. The van der Waals surface area contributed by atoms with Gasteiger partial charge in [-0.2, -0.15) is 5.26 Å². The molecule has 0 fully saturated rings. The molecule has 0 amide bonds. The topological polar surface area (TPSA) is 40.9 Å². The van der Waals surface area contributed by atoms with Gasteiger partial charge in [-0.25, -0.2) is 4.39 Å². The number of ketones is 1. The predicted molar refractivity (Wildman–Crippen MR) is 50.4 cm³/mol. The molecule has 1 rings (SSSR count). The van der Waals surface area contributed by atoms with Gasteiger partial charge in [-0.3, -0.25) is 4.79 Å². The molecule has 0 N–H and O–H groups in total. The van der Waals surface area contributed by atoms with Gasteiger partial charge in [0.25, 0.3) is 0 Å². The number of hydrogen-bond acceptors (Lipinski definition) is 2. The minimum atomic E-state index is -0.914. The van der Waals surface area contributed by atoms with Crippen molar-refractivity contribution in [2.75, 3.05) is 0 Å². The lowest BCUT2D eigenvalue weighted by Crippen LogP contribution is -2.06. The van der Waals surface area contributed by atoms with Crippen molar-refractivity contribution in [2.45, 2.75) is 12.8 Å². The second-order valence-corrected chi connectivity index (χ2v) is 3.25. The molecule has 0 saturated heterocycles. The molecule has 72 valence electrons. The van der Waals surface area contributed by atoms with Crippen molar-refractivity contribution in [2.24, 2.45) is 0 Å². The molecule has 1 aromatic carbocycles. The number of hydrogen-bond donors (Lipinski definition) is 0. The third-order valence-corrected chi connectivity index (χ3v) is 2.14. The summed E-state index contributed by atoms with van der Waals surface area (Å²) in [5, 5.41) is 8.82. The quantitative estimate of drug-likeness (QED) is 0.755. The van der Waals surface area contributed by atoms with Gasteiger partial charge in [-0.1, -0.05) is 17.7 Å². The molecule has 0 radical (unpaired) electrons. The van der Waals surface area contributed by atoms with Crippen molar-refractivity contribution in [3.63, 3.8) is 0 Å². The summed E-state index contributed by atoms with van der Waals surface area (Å²) in [4.78, 5) is 11.0. The van der Waals surface area contributed by atoms with Crippen LogP contribution < -0.4 is 0 Å². The number of rotatable bonds is 2. The standard InChI is InChI=1S/C10H7ClFNO/c1-6(14)9(5-13)8-3-2-7(12)4-10(8)11/h2-4,9H,1H3/t9-/m0/s1. The van der Waals surface area contributed by atoms with Crippen LogP contribution in [0.25, 0.3) is 0 Å². The van der Waals surface area contributed by atoms with Gasteiger partial charge in [-0.05, 0) is 24.6 Å². The average molecular weight is 212 g/mol. The molecule has 0 saturated carbocycles. The Bertz CT molecular complexity index is 411. The highest BCUT2D eigenvalue weighted by Gasteiger charge is 2.18. The normalized spacial score (nSPS) is 11.9. The molecule has 1 atom stereocenters. The highest BCUT2D eigenvalue weighted by atomic mass is 35.5. The van der Waals surface area contributed by atoms with Gasteiger partial charge in [-0.15, -0.1) is 0 Å². The number of Topliss-reactive ketones (excluding diaryl/α,β-unsaturated/α-hetero) is 1. The molecule has 0 unspecified atom stereocenters. The molecule has 4 heteroatoms. The number of carbonyl (C=O) groups is 1. The fourth-order valence-corrected chi connectivity index (χ4v) is 1.39. The van der Waals surface area contributed by atoms with Crippen LogP contribution >= 0.6 is 11.6 Å². The van der Waals surface area contributed by atoms with Crippen LogP contribution in [0.5, 0.6) is 0 Å². The summed E-state index contributed by atoms with van der Waals surface area (Å²) >= 11 is 5.70. The van der Waals surface area contributed by atoms with Crippen LogP contribution in [0, 0.1) is 17.1 Å². The Balaban J connectivity index is 3.19. The average Bonchev–Trinajstić information content (AvgIpc) is 2.09. The van der Waals surface area contributed by atoms with Crippen molar-refractivity contribution < 1.29 is 9.18 Å². The zero-order valence-corrected chi connectivity index (χ0v) is 8.18. The van der Waals surface area contributed by atoms with Crippen molar-refractivity contribution in [3.05, 3.63) is 34.6 Å². The van der Waals surface area contributed by atoms with E-state index in [1.807, 2.05) is 6.07 Å². The zero-order valence-electron chi connectivity index (χ0n) is 7.42. The summed E-state index contributed by atoms with van der Waals surface area (Å²) in [6, 6.07) is 5.44. The Labute approximate surface area is 85.9 Å². The highest BCUT2D eigenvalue weighted by Crippen LogP contribution is 2.25. The summed E-state index contributed by atoms with van der Waals surface area (Å²) in [5.74, 6) is -1.71. The lowest BCUT2D eigenvalue weighted by atomic mass is 9.97. The second-order valence-electron chi connectivity index (χ2n) is 2.84. The molecule has 0 aliphatic carbocycles. The SMILES string of the molecule is CC(=O)[C@H](C#N)c1ccc(F)cc1Cl. The summed E-state index contributed by atoms with van der Waals surface area (Å²) in [5.41, 5.74) is 0.350. The van der Waals surface area contributed by atoms with Gasteiger partial charge in [0.2, 0.25) is 0 Å². The van der Waals surface area contributed by atoms with Crippen LogP contribution in [0.1, 0.15) is 18.4 Å². The van der Waals surface area contributed by atoms with E-state index >= 15 is 0 Å². The van der Waals surface area contributed by atoms with E-state index in [2.05, 4.69) is 0 Å². The van der Waals surface area contributed by atoms with Crippen molar-refractivity contribution >= 4 is 17.4 Å². The first-order valence-corrected chi connectivity index (χ1v) is 4.29. The van der Waals surface area contributed by atoms with E-state index in [0.29, 0.717) is 5.56 Å². The fraction of sp³-hybridized carbons (Fsp3) is 0.200. The van der Waals surface area contributed by atoms with Crippen molar-refractivity contribution in [1.82, 2.24) is 0 Å². The molecule has 0 aliphatic rings. The van der Waals surface area contributed by atoms with Gasteiger partial charge in [0.1, 0.15) is 11.7 Å².